The van der Waals surface area contributed by atoms with Crippen molar-refractivity contribution in [3.05, 3.63) is 52.2 Å². The van der Waals surface area contributed by atoms with Gasteiger partial charge < -0.3 is 14.5 Å². The number of nitrogens with zero attached hydrogens (tertiary/aromatic N) is 2. The topological polar surface area (TPSA) is 66.9 Å². The molecule has 1 aromatic carbocycles. The van der Waals surface area contributed by atoms with Crippen LogP contribution < -0.4 is 4.74 Å². The average Bonchev–Trinajstić information content (AvgIpc) is 3.41. The number of benzene rings is 1. The number of hydrogen-bond donors (Lipinski definition) is 0. The minimum absolute atomic E-state index is 0.282. The maximum atomic E-state index is 13.2. The minimum Gasteiger partial charge on any atom is -0.494 e. The SMILES string of the molecule is CCCOc1ccc(C2C(C(=O)c3cccs3)C(=O)C(=O)N2CCN(CC)CC)cc1. The van der Waals surface area contributed by atoms with E-state index in [-0.39, 0.29) is 5.78 Å². The molecule has 2 heterocycles. The summed E-state index contributed by atoms with van der Waals surface area (Å²) in [5, 5.41) is 1.81. The minimum atomic E-state index is -1.02. The zero-order valence-electron chi connectivity index (χ0n) is 18.4. The van der Waals surface area contributed by atoms with E-state index < -0.39 is 23.7 Å². The van der Waals surface area contributed by atoms with Crippen LogP contribution in [0.2, 0.25) is 0 Å². The number of likely N-dealkylation sites (N-methyl/N-ethyl adjacent to an activating group) is 1. The van der Waals surface area contributed by atoms with Gasteiger partial charge in [0.1, 0.15) is 11.7 Å². The molecule has 6 nitrogen and oxygen atoms in total. The van der Waals surface area contributed by atoms with Gasteiger partial charge in [0.15, 0.2) is 5.78 Å². The number of ketones is 2. The fourth-order valence-electron chi connectivity index (χ4n) is 3.94. The van der Waals surface area contributed by atoms with Gasteiger partial charge in [0, 0.05) is 13.1 Å². The summed E-state index contributed by atoms with van der Waals surface area (Å²) in [5.74, 6) is -1.76. The fourth-order valence-corrected chi connectivity index (χ4v) is 4.65. The van der Waals surface area contributed by atoms with Crippen molar-refractivity contribution in [2.75, 3.05) is 32.8 Å². The van der Waals surface area contributed by atoms with Crippen molar-refractivity contribution in [3.63, 3.8) is 0 Å². The molecule has 0 saturated carbocycles. The largest absolute Gasteiger partial charge is 0.494 e. The third kappa shape index (κ3) is 5.05. The number of carbonyl (C=O) groups is 3. The third-order valence-electron chi connectivity index (χ3n) is 5.70. The molecule has 0 radical (unpaired) electrons. The summed E-state index contributed by atoms with van der Waals surface area (Å²) in [6, 6.07) is 10.3. The number of hydrogen-bond acceptors (Lipinski definition) is 6. The van der Waals surface area contributed by atoms with E-state index in [1.165, 1.54) is 11.3 Å². The highest BCUT2D eigenvalue weighted by Gasteiger charge is 2.51. The molecule has 1 aromatic heterocycles. The molecule has 0 bridgehead atoms. The summed E-state index contributed by atoms with van der Waals surface area (Å²) >= 11 is 1.30. The van der Waals surface area contributed by atoms with Crippen molar-refractivity contribution < 1.29 is 19.1 Å². The first kappa shape index (κ1) is 23.2. The zero-order chi connectivity index (χ0) is 22.4. The molecule has 7 heteroatoms. The van der Waals surface area contributed by atoms with Gasteiger partial charge in [0.2, 0.25) is 5.78 Å². The Bertz CT molecular complexity index is 891. The van der Waals surface area contributed by atoms with Gasteiger partial charge in [0.05, 0.1) is 17.5 Å². The van der Waals surface area contributed by atoms with Gasteiger partial charge in [-0.25, -0.2) is 0 Å². The maximum Gasteiger partial charge on any atom is 0.291 e. The monoisotopic (exact) mass is 442 g/mol. The van der Waals surface area contributed by atoms with Crippen LogP contribution in [0.15, 0.2) is 41.8 Å². The molecular formula is C24H30N2O4S. The molecule has 2 aromatic rings. The van der Waals surface area contributed by atoms with Crippen molar-refractivity contribution >= 4 is 28.8 Å². The molecule has 2 unspecified atom stereocenters. The molecule has 0 aliphatic carbocycles. The molecule has 1 saturated heterocycles. The van der Waals surface area contributed by atoms with Crippen molar-refractivity contribution in [2.24, 2.45) is 5.92 Å². The molecule has 1 amide bonds. The predicted octanol–water partition coefficient (Wildman–Crippen LogP) is 3.83. The van der Waals surface area contributed by atoms with Crippen molar-refractivity contribution in [1.29, 1.82) is 0 Å². The van der Waals surface area contributed by atoms with E-state index >= 15 is 0 Å². The molecule has 1 aliphatic rings. The molecule has 166 valence electrons. The Kier molecular flexibility index (Phi) is 7.98. The van der Waals surface area contributed by atoms with Crippen LogP contribution in [0.25, 0.3) is 0 Å². The molecule has 0 spiro atoms. The Morgan fingerprint density at radius 2 is 1.81 bits per heavy atom. The Hall–Kier alpha value is -2.51. The van der Waals surface area contributed by atoms with Gasteiger partial charge in [-0.2, -0.15) is 0 Å². The Morgan fingerprint density at radius 1 is 1.10 bits per heavy atom. The van der Waals surface area contributed by atoms with E-state index in [1.54, 1.807) is 17.0 Å². The average molecular weight is 443 g/mol. The van der Waals surface area contributed by atoms with Crippen LogP contribution in [-0.4, -0.2) is 60.1 Å². The van der Waals surface area contributed by atoms with E-state index in [2.05, 4.69) is 18.7 Å². The summed E-state index contributed by atoms with van der Waals surface area (Å²) in [4.78, 5) is 43.5. The molecule has 31 heavy (non-hydrogen) atoms. The van der Waals surface area contributed by atoms with E-state index in [0.717, 1.165) is 30.8 Å². The lowest BCUT2D eigenvalue weighted by molar-refractivity contribution is -0.140. The maximum absolute atomic E-state index is 13.2. The lowest BCUT2D eigenvalue weighted by Crippen LogP contribution is -2.38. The first-order chi connectivity index (χ1) is 15.0. The highest BCUT2D eigenvalue weighted by molar-refractivity contribution is 7.12. The Balaban J connectivity index is 1.94. The van der Waals surface area contributed by atoms with Crippen LogP contribution in [-0.2, 0) is 9.59 Å². The highest BCUT2D eigenvalue weighted by atomic mass is 32.1. The molecule has 1 aliphatic heterocycles. The Morgan fingerprint density at radius 3 is 2.39 bits per heavy atom. The number of amides is 1. The third-order valence-corrected chi connectivity index (χ3v) is 6.58. The normalized spacial score (nSPS) is 18.8. The molecule has 0 N–H and O–H groups in total. The first-order valence-electron chi connectivity index (χ1n) is 10.9. The zero-order valence-corrected chi connectivity index (χ0v) is 19.2. The fraction of sp³-hybridized carbons (Fsp3) is 0.458. The highest BCUT2D eigenvalue weighted by Crippen LogP contribution is 2.39. The molecule has 3 rings (SSSR count). The number of Topliss-reactive ketones (excluding diaryl/α,β-unsaturated/α-hetero) is 2. The smallest absolute Gasteiger partial charge is 0.291 e. The van der Waals surface area contributed by atoms with Gasteiger partial charge in [-0.1, -0.05) is 39.0 Å². The second-order valence-corrected chi connectivity index (χ2v) is 8.52. The quantitative estimate of drug-likeness (QED) is 0.301. The van der Waals surface area contributed by atoms with Gasteiger partial charge >= 0.3 is 0 Å². The van der Waals surface area contributed by atoms with Crippen LogP contribution in [0, 0.1) is 5.92 Å². The molecule has 1 fully saturated rings. The van der Waals surface area contributed by atoms with Crippen molar-refractivity contribution in [3.8, 4) is 5.75 Å². The number of rotatable bonds is 11. The molecular weight excluding hydrogens is 412 g/mol. The second kappa shape index (κ2) is 10.7. The Labute approximate surface area is 187 Å². The number of likely N-dealkylation sites (tertiary alicyclic amines) is 1. The van der Waals surface area contributed by atoms with Crippen LogP contribution in [0.1, 0.15) is 48.5 Å². The summed E-state index contributed by atoms with van der Waals surface area (Å²) in [5.41, 5.74) is 0.775. The van der Waals surface area contributed by atoms with E-state index in [1.807, 2.05) is 36.6 Å². The summed E-state index contributed by atoms with van der Waals surface area (Å²) in [6.07, 6.45) is 0.907. The van der Waals surface area contributed by atoms with E-state index in [4.69, 9.17) is 4.74 Å². The lowest BCUT2D eigenvalue weighted by atomic mass is 9.88. The summed E-state index contributed by atoms with van der Waals surface area (Å²) in [6.45, 7) is 9.57. The summed E-state index contributed by atoms with van der Waals surface area (Å²) < 4.78 is 5.66. The van der Waals surface area contributed by atoms with Crippen LogP contribution in [0.5, 0.6) is 5.75 Å². The second-order valence-electron chi connectivity index (χ2n) is 7.57. The van der Waals surface area contributed by atoms with E-state index in [9.17, 15) is 14.4 Å². The number of carbonyl (C=O) groups excluding carboxylic acids is 3. The number of thiophene rings is 1. The van der Waals surface area contributed by atoms with Gasteiger partial charge in [0.25, 0.3) is 5.91 Å². The van der Waals surface area contributed by atoms with Crippen LogP contribution in [0.3, 0.4) is 0 Å². The van der Waals surface area contributed by atoms with Crippen LogP contribution in [0.4, 0.5) is 0 Å². The van der Waals surface area contributed by atoms with Crippen molar-refractivity contribution in [2.45, 2.75) is 33.2 Å². The van der Waals surface area contributed by atoms with Crippen molar-refractivity contribution in [1.82, 2.24) is 9.80 Å². The predicted molar refractivity (Wildman–Crippen MR) is 122 cm³/mol. The lowest BCUT2D eigenvalue weighted by Gasteiger charge is -2.29. The van der Waals surface area contributed by atoms with Gasteiger partial charge in [-0.05, 0) is 48.7 Å². The van der Waals surface area contributed by atoms with E-state index in [0.29, 0.717) is 24.6 Å². The molecule has 2 atom stereocenters. The standard InChI is InChI=1S/C24H30N2O4S/c1-4-15-30-18-11-9-17(10-12-18)21-20(22(27)19-8-7-16-31-19)23(28)24(29)26(21)14-13-25(5-2)6-3/h7-12,16,20-21H,4-6,13-15H2,1-3H3. The van der Waals surface area contributed by atoms with Gasteiger partial charge in [-0.15, -0.1) is 11.3 Å². The van der Waals surface area contributed by atoms with Gasteiger partial charge in [-0.3, -0.25) is 14.4 Å². The summed E-state index contributed by atoms with van der Waals surface area (Å²) in [7, 11) is 0. The first-order valence-corrected chi connectivity index (χ1v) is 11.8. The van der Waals surface area contributed by atoms with Crippen LogP contribution >= 0.6 is 11.3 Å². The number of ether oxygens (including phenoxy) is 1.